The number of carbonyl (C=O) groups is 1. The Hall–Kier alpha value is -1.98. The molecule has 3 N–H and O–H groups in total. The Labute approximate surface area is 131 Å². The predicted octanol–water partition coefficient (Wildman–Crippen LogP) is 3.67. The number of halogens is 2. The lowest BCUT2D eigenvalue weighted by atomic mass is 10.1. The minimum Gasteiger partial charge on any atom is -0.389 e. The standard InChI is InChI=1S/C15H12ClFN2OS/c1-8-3-2-4-10(13(8)17)15(20)19-12-6-5-9(14(18)21)7-11(12)16/h2-7H,1H3,(H2,18,21)(H,19,20). The van der Waals surface area contributed by atoms with E-state index in [0.717, 1.165) is 0 Å². The summed E-state index contributed by atoms with van der Waals surface area (Å²) in [5.74, 6) is -1.12. The second-order valence-electron chi connectivity index (χ2n) is 4.45. The summed E-state index contributed by atoms with van der Waals surface area (Å²) >= 11 is 10.9. The molecule has 0 saturated carbocycles. The van der Waals surface area contributed by atoms with Gasteiger partial charge >= 0.3 is 0 Å². The monoisotopic (exact) mass is 322 g/mol. The first kappa shape index (κ1) is 15.4. The zero-order chi connectivity index (χ0) is 15.6. The van der Waals surface area contributed by atoms with Crippen LogP contribution in [-0.2, 0) is 0 Å². The van der Waals surface area contributed by atoms with Gasteiger partial charge in [0.15, 0.2) is 0 Å². The summed E-state index contributed by atoms with van der Waals surface area (Å²) in [6.07, 6.45) is 0. The average molecular weight is 323 g/mol. The second kappa shape index (κ2) is 6.20. The quantitative estimate of drug-likeness (QED) is 0.848. The summed E-state index contributed by atoms with van der Waals surface area (Å²) in [6.45, 7) is 1.59. The van der Waals surface area contributed by atoms with E-state index in [-0.39, 0.29) is 15.6 Å². The van der Waals surface area contributed by atoms with Crippen LogP contribution in [0.3, 0.4) is 0 Å². The number of anilines is 1. The number of nitrogens with one attached hydrogen (secondary N) is 1. The molecule has 0 fully saturated rings. The van der Waals surface area contributed by atoms with Crippen LogP contribution < -0.4 is 11.1 Å². The predicted molar refractivity (Wildman–Crippen MR) is 86.4 cm³/mol. The van der Waals surface area contributed by atoms with Crippen molar-refractivity contribution in [2.75, 3.05) is 5.32 Å². The van der Waals surface area contributed by atoms with Crippen molar-refractivity contribution >= 4 is 40.4 Å². The number of aryl methyl sites for hydroxylation is 1. The summed E-state index contributed by atoms with van der Waals surface area (Å²) in [6, 6.07) is 9.38. The first-order valence-electron chi connectivity index (χ1n) is 6.06. The number of hydrogen-bond donors (Lipinski definition) is 2. The number of amides is 1. The molecule has 0 bridgehead atoms. The van der Waals surface area contributed by atoms with E-state index in [1.54, 1.807) is 37.3 Å². The number of benzene rings is 2. The Morgan fingerprint density at radius 3 is 2.67 bits per heavy atom. The second-order valence-corrected chi connectivity index (χ2v) is 5.30. The van der Waals surface area contributed by atoms with Gasteiger partial charge in [-0.05, 0) is 36.8 Å². The maximum absolute atomic E-state index is 13.9. The minimum atomic E-state index is -0.568. The van der Waals surface area contributed by atoms with Crippen molar-refractivity contribution in [1.82, 2.24) is 0 Å². The zero-order valence-corrected chi connectivity index (χ0v) is 12.7. The third-order valence-electron chi connectivity index (χ3n) is 2.94. The molecule has 0 heterocycles. The molecule has 2 aromatic carbocycles. The molecule has 0 aromatic heterocycles. The van der Waals surface area contributed by atoms with E-state index in [4.69, 9.17) is 29.6 Å². The molecule has 0 unspecified atom stereocenters. The van der Waals surface area contributed by atoms with Crippen LogP contribution in [0.5, 0.6) is 0 Å². The third kappa shape index (κ3) is 3.37. The maximum Gasteiger partial charge on any atom is 0.258 e. The largest absolute Gasteiger partial charge is 0.389 e. The van der Waals surface area contributed by atoms with Crippen molar-refractivity contribution in [1.29, 1.82) is 0 Å². The van der Waals surface area contributed by atoms with Crippen molar-refractivity contribution in [3.05, 3.63) is 63.9 Å². The molecule has 1 amide bonds. The SMILES string of the molecule is Cc1cccc(C(=O)Nc2ccc(C(N)=S)cc2Cl)c1F. The lowest BCUT2D eigenvalue weighted by Crippen LogP contribution is -2.15. The van der Waals surface area contributed by atoms with Crippen molar-refractivity contribution < 1.29 is 9.18 Å². The molecule has 0 aliphatic carbocycles. The fraction of sp³-hybridized carbons (Fsp3) is 0.0667. The fourth-order valence-corrected chi connectivity index (χ4v) is 2.14. The Bertz CT molecular complexity index is 734. The maximum atomic E-state index is 13.9. The summed E-state index contributed by atoms with van der Waals surface area (Å²) in [5, 5.41) is 2.85. The molecule has 0 aliphatic rings. The van der Waals surface area contributed by atoms with Crippen LogP contribution in [0.2, 0.25) is 5.02 Å². The van der Waals surface area contributed by atoms with Crippen LogP contribution in [-0.4, -0.2) is 10.9 Å². The zero-order valence-electron chi connectivity index (χ0n) is 11.1. The van der Waals surface area contributed by atoms with Crippen molar-refractivity contribution in [2.45, 2.75) is 6.92 Å². The Balaban J connectivity index is 2.28. The topological polar surface area (TPSA) is 55.1 Å². The molecular formula is C15H12ClFN2OS. The molecule has 0 spiro atoms. The third-order valence-corrected chi connectivity index (χ3v) is 3.49. The highest BCUT2D eigenvalue weighted by Gasteiger charge is 2.14. The first-order chi connectivity index (χ1) is 9.90. The van der Waals surface area contributed by atoms with Gasteiger partial charge < -0.3 is 11.1 Å². The van der Waals surface area contributed by atoms with Crippen LogP contribution in [0.15, 0.2) is 36.4 Å². The van der Waals surface area contributed by atoms with Gasteiger partial charge in [0.25, 0.3) is 5.91 Å². The smallest absolute Gasteiger partial charge is 0.258 e. The van der Waals surface area contributed by atoms with Crippen LogP contribution in [0, 0.1) is 12.7 Å². The highest BCUT2D eigenvalue weighted by Crippen LogP contribution is 2.24. The summed E-state index contributed by atoms with van der Waals surface area (Å²) in [5.41, 5.74) is 6.82. The summed E-state index contributed by atoms with van der Waals surface area (Å²) in [7, 11) is 0. The summed E-state index contributed by atoms with van der Waals surface area (Å²) in [4.78, 5) is 12.3. The number of rotatable bonds is 3. The van der Waals surface area contributed by atoms with Crippen molar-refractivity contribution in [2.24, 2.45) is 5.73 Å². The van der Waals surface area contributed by atoms with Crippen LogP contribution in [0.25, 0.3) is 0 Å². The van der Waals surface area contributed by atoms with E-state index >= 15 is 0 Å². The van der Waals surface area contributed by atoms with Crippen molar-refractivity contribution in [3.8, 4) is 0 Å². The normalized spacial score (nSPS) is 10.2. The highest BCUT2D eigenvalue weighted by molar-refractivity contribution is 7.80. The molecule has 2 rings (SSSR count). The highest BCUT2D eigenvalue weighted by atomic mass is 35.5. The van der Waals surface area contributed by atoms with Gasteiger partial charge in [-0.25, -0.2) is 4.39 Å². The molecule has 3 nitrogen and oxygen atoms in total. The van der Waals surface area contributed by atoms with Gasteiger partial charge in [-0.15, -0.1) is 0 Å². The van der Waals surface area contributed by atoms with Gasteiger partial charge in [-0.3, -0.25) is 4.79 Å². The van der Waals surface area contributed by atoms with Crippen LogP contribution in [0.4, 0.5) is 10.1 Å². The number of nitrogens with two attached hydrogens (primary N) is 1. The Morgan fingerprint density at radius 2 is 2.05 bits per heavy atom. The first-order valence-corrected chi connectivity index (χ1v) is 6.84. The van der Waals surface area contributed by atoms with E-state index in [0.29, 0.717) is 16.8 Å². The van der Waals surface area contributed by atoms with Gasteiger partial charge in [0.1, 0.15) is 10.8 Å². The lowest BCUT2D eigenvalue weighted by molar-refractivity contribution is 0.102. The number of hydrogen-bond acceptors (Lipinski definition) is 2. The van der Waals surface area contributed by atoms with Gasteiger partial charge in [-0.2, -0.15) is 0 Å². The van der Waals surface area contributed by atoms with Crippen LogP contribution in [0.1, 0.15) is 21.5 Å². The Kier molecular flexibility index (Phi) is 4.55. The van der Waals surface area contributed by atoms with E-state index in [2.05, 4.69) is 5.32 Å². The molecule has 0 atom stereocenters. The van der Waals surface area contributed by atoms with E-state index in [1.165, 1.54) is 6.07 Å². The molecule has 2 aromatic rings. The average Bonchev–Trinajstić information content (AvgIpc) is 2.43. The van der Waals surface area contributed by atoms with Crippen molar-refractivity contribution in [3.63, 3.8) is 0 Å². The van der Waals surface area contributed by atoms with E-state index < -0.39 is 11.7 Å². The molecule has 6 heteroatoms. The summed E-state index contributed by atoms with van der Waals surface area (Å²) < 4.78 is 13.9. The van der Waals surface area contributed by atoms with Gasteiger partial charge in [0, 0.05) is 5.56 Å². The molecule has 0 saturated heterocycles. The molecule has 21 heavy (non-hydrogen) atoms. The van der Waals surface area contributed by atoms with Gasteiger partial charge in [-0.1, -0.05) is 36.0 Å². The van der Waals surface area contributed by atoms with Gasteiger partial charge in [0.05, 0.1) is 16.3 Å². The van der Waals surface area contributed by atoms with Crippen LogP contribution >= 0.6 is 23.8 Å². The number of thiocarbonyl (C=S) groups is 1. The lowest BCUT2D eigenvalue weighted by Gasteiger charge is -2.10. The van der Waals surface area contributed by atoms with Gasteiger partial charge in [0.2, 0.25) is 0 Å². The Morgan fingerprint density at radius 1 is 1.33 bits per heavy atom. The van der Waals surface area contributed by atoms with E-state index in [9.17, 15) is 9.18 Å². The molecule has 0 aliphatic heterocycles. The fourth-order valence-electron chi connectivity index (χ4n) is 1.78. The molecular weight excluding hydrogens is 311 g/mol. The number of carbonyl (C=O) groups excluding carboxylic acids is 1. The minimum absolute atomic E-state index is 0.0375. The molecule has 108 valence electrons. The molecule has 0 radical (unpaired) electrons. The van der Waals surface area contributed by atoms with E-state index in [1.807, 2.05) is 0 Å².